The lowest BCUT2D eigenvalue weighted by molar-refractivity contribution is -0.0498. The average Bonchev–Trinajstić information content (AvgIpc) is 3.32. The number of halogens is 2. The molecule has 1 aromatic heterocycles. The summed E-state index contributed by atoms with van der Waals surface area (Å²) in [6, 6.07) is 25.2. The van der Waals surface area contributed by atoms with Gasteiger partial charge < -0.3 is 14.5 Å². The van der Waals surface area contributed by atoms with E-state index in [0.29, 0.717) is 5.56 Å². The summed E-state index contributed by atoms with van der Waals surface area (Å²) in [5.41, 5.74) is 1.38. The van der Waals surface area contributed by atoms with Gasteiger partial charge in [0.1, 0.15) is 17.3 Å². The van der Waals surface area contributed by atoms with Gasteiger partial charge in [-0.15, -0.1) is 0 Å². The van der Waals surface area contributed by atoms with E-state index in [0.717, 1.165) is 5.56 Å². The first-order valence-electron chi connectivity index (χ1n) is 10.6. The number of nitrogens with one attached hydrogen (secondary N) is 1. The van der Waals surface area contributed by atoms with Crippen molar-refractivity contribution in [2.24, 2.45) is 0 Å². The maximum atomic E-state index is 13.0. The fourth-order valence-corrected chi connectivity index (χ4v) is 4.79. The van der Waals surface area contributed by atoms with Crippen LogP contribution >= 0.6 is 0 Å². The third-order valence-electron chi connectivity index (χ3n) is 5.17. The zero-order chi connectivity index (χ0) is 24.8. The Hall–Kier alpha value is -3.98. The summed E-state index contributed by atoms with van der Waals surface area (Å²) in [6.07, 6.45) is 0. The van der Waals surface area contributed by atoms with Gasteiger partial charge in [-0.1, -0.05) is 60.7 Å². The Kier molecular flexibility index (Phi) is 7.26. The van der Waals surface area contributed by atoms with Crippen molar-refractivity contribution in [3.8, 4) is 5.75 Å². The minimum absolute atomic E-state index is 0.00260. The van der Waals surface area contributed by atoms with Crippen molar-refractivity contribution < 1.29 is 31.1 Å². The first-order valence-corrected chi connectivity index (χ1v) is 12.2. The van der Waals surface area contributed by atoms with Crippen molar-refractivity contribution in [1.82, 2.24) is 5.32 Å². The van der Waals surface area contributed by atoms with Crippen LogP contribution in [-0.4, -0.2) is 20.9 Å². The van der Waals surface area contributed by atoms with Gasteiger partial charge in [-0.2, -0.15) is 8.78 Å². The summed E-state index contributed by atoms with van der Waals surface area (Å²) in [5, 5.41) is 2.86. The van der Waals surface area contributed by atoms with Crippen molar-refractivity contribution in [3.05, 3.63) is 120 Å². The van der Waals surface area contributed by atoms with Crippen LogP contribution in [0.2, 0.25) is 0 Å². The number of rotatable bonds is 9. The molecule has 4 aromatic rings. The molecule has 1 N–H and O–H groups in total. The molecule has 6 nitrogen and oxygen atoms in total. The molecule has 0 spiro atoms. The van der Waals surface area contributed by atoms with Crippen LogP contribution in [0.4, 0.5) is 8.78 Å². The highest BCUT2D eigenvalue weighted by Crippen LogP contribution is 2.26. The van der Waals surface area contributed by atoms with E-state index in [1.165, 1.54) is 36.4 Å². The monoisotopic (exact) mass is 497 g/mol. The standard InChI is InChI=1S/C26H21F2NO5S/c27-26(28)34-20-13-11-19(12-14-20)24(18-7-3-1-4-8-18)29-25(30)23-16-15-21(33-23)17-35(31,32)22-9-5-2-6-10-22/h1-16,24,26H,17H2,(H,29,30). The topological polar surface area (TPSA) is 85.6 Å². The molecule has 35 heavy (non-hydrogen) atoms. The molecule has 1 amide bonds. The molecule has 1 atom stereocenters. The van der Waals surface area contributed by atoms with Crippen LogP contribution in [0.15, 0.2) is 106 Å². The fraction of sp³-hybridized carbons (Fsp3) is 0.115. The number of carbonyl (C=O) groups excluding carboxylic acids is 1. The van der Waals surface area contributed by atoms with E-state index in [2.05, 4.69) is 10.1 Å². The smallest absolute Gasteiger partial charge is 0.387 e. The quantitative estimate of drug-likeness (QED) is 0.336. The van der Waals surface area contributed by atoms with Crippen molar-refractivity contribution >= 4 is 15.7 Å². The number of hydrogen-bond donors (Lipinski definition) is 1. The molecule has 1 heterocycles. The van der Waals surface area contributed by atoms with E-state index >= 15 is 0 Å². The number of hydrogen-bond acceptors (Lipinski definition) is 5. The van der Waals surface area contributed by atoms with Crippen molar-refractivity contribution in [2.75, 3.05) is 0 Å². The predicted octanol–water partition coefficient (Wildman–Crippen LogP) is 5.37. The second kappa shape index (κ2) is 10.5. The van der Waals surface area contributed by atoms with E-state index in [9.17, 15) is 22.0 Å². The number of ether oxygens (including phenoxy) is 1. The van der Waals surface area contributed by atoms with Crippen LogP contribution in [0.1, 0.15) is 33.5 Å². The van der Waals surface area contributed by atoms with Gasteiger partial charge in [0.25, 0.3) is 5.91 Å². The van der Waals surface area contributed by atoms with Crippen molar-refractivity contribution in [2.45, 2.75) is 23.3 Å². The second-order valence-corrected chi connectivity index (χ2v) is 9.59. The lowest BCUT2D eigenvalue weighted by Gasteiger charge is -2.19. The highest BCUT2D eigenvalue weighted by molar-refractivity contribution is 7.90. The van der Waals surface area contributed by atoms with Gasteiger partial charge in [-0.25, -0.2) is 8.42 Å². The summed E-state index contributed by atoms with van der Waals surface area (Å²) in [4.78, 5) is 13.1. The molecule has 3 aromatic carbocycles. The molecule has 1 unspecified atom stereocenters. The predicted molar refractivity (Wildman–Crippen MR) is 125 cm³/mol. The third kappa shape index (κ3) is 6.13. The Morgan fingerprint density at radius 2 is 1.43 bits per heavy atom. The van der Waals surface area contributed by atoms with Crippen molar-refractivity contribution in [3.63, 3.8) is 0 Å². The van der Waals surface area contributed by atoms with Gasteiger partial charge in [0.15, 0.2) is 15.6 Å². The van der Waals surface area contributed by atoms with Gasteiger partial charge in [0.05, 0.1) is 10.9 Å². The molecule has 0 radical (unpaired) electrons. The lowest BCUT2D eigenvalue weighted by Crippen LogP contribution is -2.29. The van der Waals surface area contributed by atoms with Gasteiger partial charge >= 0.3 is 6.61 Å². The summed E-state index contributed by atoms with van der Waals surface area (Å²) >= 11 is 0. The summed E-state index contributed by atoms with van der Waals surface area (Å²) in [5.74, 6) is -0.879. The second-order valence-electron chi connectivity index (χ2n) is 7.60. The van der Waals surface area contributed by atoms with Crippen LogP contribution < -0.4 is 10.1 Å². The maximum Gasteiger partial charge on any atom is 0.387 e. The molecule has 9 heteroatoms. The van der Waals surface area contributed by atoms with Gasteiger partial charge in [-0.05, 0) is 47.5 Å². The highest BCUT2D eigenvalue weighted by atomic mass is 32.2. The number of benzene rings is 3. The van der Waals surface area contributed by atoms with Crippen LogP contribution in [0.3, 0.4) is 0 Å². The molecule has 0 aliphatic carbocycles. The summed E-state index contributed by atoms with van der Waals surface area (Å²) in [7, 11) is -3.64. The fourth-order valence-electron chi connectivity index (χ4n) is 3.52. The molecule has 0 saturated heterocycles. The third-order valence-corrected chi connectivity index (χ3v) is 6.82. The number of carbonyl (C=O) groups is 1. The molecule has 0 aliphatic heterocycles. The minimum Gasteiger partial charge on any atom is -0.455 e. The molecular formula is C26H21F2NO5S. The van der Waals surface area contributed by atoms with Crippen LogP contribution in [-0.2, 0) is 15.6 Å². The number of alkyl halides is 2. The number of amides is 1. The molecule has 0 fully saturated rings. The van der Waals surface area contributed by atoms with Crippen molar-refractivity contribution in [1.29, 1.82) is 0 Å². The minimum atomic E-state index is -3.64. The Balaban J connectivity index is 1.53. The average molecular weight is 498 g/mol. The van der Waals surface area contributed by atoms with E-state index in [1.54, 1.807) is 30.3 Å². The first-order chi connectivity index (χ1) is 16.8. The summed E-state index contributed by atoms with van der Waals surface area (Å²) < 4.78 is 60.1. The lowest BCUT2D eigenvalue weighted by atomic mass is 9.98. The molecule has 0 aliphatic rings. The zero-order valence-corrected chi connectivity index (χ0v) is 19.1. The van der Waals surface area contributed by atoms with Gasteiger partial charge in [0, 0.05) is 0 Å². The Morgan fingerprint density at radius 1 is 0.829 bits per heavy atom. The Bertz CT molecular complexity index is 1370. The number of furan rings is 1. The number of sulfone groups is 1. The molecule has 4 rings (SSSR count). The van der Waals surface area contributed by atoms with E-state index in [4.69, 9.17) is 4.42 Å². The van der Waals surface area contributed by atoms with Crippen LogP contribution in [0.25, 0.3) is 0 Å². The van der Waals surface area contributed by atoms with E-state index < -0.39 is 34.2 Å². The SMILES string of the molecule is O=C(NC(c1ccccc1)c1ccc(OC(F)F)cc1)c1ccc(CS(=O)(=O)c2ccccc2)o1. The van der Waals surface area contributed by atoms with Crippen LogP contribution in [0, 0.1) is 0 Å². The van der Waals surface area contributed by atoms with Gasteiger partial charge in [-0.3, -0.25) is 4.79 Å². The van der Waals surface area contributed by atoms with Crippen LogP contribution in [0.5, 0.6) is 5.75 Å². The van der Waals surface area contributed by atoms with E-state index in [-0.39, 0.29) is 22.2 Å². The first kappa shape index (κ1) is 24.2. The zero-order valence-electron chi connectivity index (χ0n) is 18.3. The highest BCUT2D eigenvalue weighted by Gasteiger charge is 2.22. The largest absolute Gasteiger partial charge is 0.455 e. The van der Waals surface area contributed by atoms with E-state index in [1.807, 2.05) is 30.3 Å². The van der Waals surface area contributed by atoms with Gasteiger partial charge in [0.2, 0.25) is 0 Å². The molecule has 180 valence electrons. The molecular weight excluding hydrogens is 476 g/mol. The maximum absolute atomic E-state index is 13.0. The summed E-state index contributed by atoms with van der Waals surface area (Å²) in [6.45, 7) is -2.94. The normalized spacial score (nSPS) is 12.3. The molecule has 0 bridgehead atoms. The molecule has 0 saturated carbocycles. The Morgan fingerprint density at radius 3 is 2.06 bits per heavy atom. The Labute approximate surface area is 201 Å².